The highest BCUT2D eigenvalue weighted by Gasteiger charge is 2.35. The number of hydrogen-bond donors (Lipinski definition) is 0. The summed E-state index contributed by atoms with van der Waals surface area (Å²) >= 11 is 12.0. The van der Waals surface area contributed by atoms with Crippen LogP contribution in [-0.2, 0) is 16.4 Å². The Balaban J connectivity index is 1.92. The van der Waals surface area contributed by atoms with Gasteiger partial charge in [0.1, 0.15) is 0 Å². The fourth-order valence-corrected chi connectivity index (χ4v) is 5.14. The Kier molecular flexibility index (Phi) is 5.37. The third-order valence-corrected chi connectivity index (χ3v) is 6.44. The van der Waals surface area contributed by atoms with Crippen molar-refractivity contribution < 1.29 is 13.2 Å². The summed E-state index contributed by atoms with van der Waals surface area (Å²) in [6.07, 6.45) is 0.440. The molecule has 0 aromatic heterocycles. The molecule has 1 aliphatic heterocycles. The van der Waals surface area contributed by atoms with Gasteiger partial charge in [0.2, 0.25) is 0 Å². The molecular weight excluding hydrogens is 381 g/mol. The summed E-state index contributed by atoms with van der Waals surface area (Å²) in [6, 6.07) is 13.5. The number of rotatable bonds is 4. The average Bonchev–Trinajstić information content (AvgIpc) is 2.92. The maximum Gasteiger partial charge on any atom is 0.254 e. The van der Waals surface area contributed by atoms with E-state index in [0.717, 1.165) is 5.56 Å². The third kappa shape index (κ3) is 4.54. The van der Waals surface area contributed by atoms with Gasteiger partial charge in [0.15, 0.2) is 9.84 Å². The highest BCUT2D eigenvalue weighted by Crippen LogP contribution is 2.24. The van der Waals surface area contributed by atoms with Gasteiger partial charge in [0.25, 0.3) is 5.91 Å². The van der Waals surface area contributed by atoms with Crippen molar-refractivity contribution in [2.45, 2.75) is 19.0 Å². The molecule has 1 heterocycles. The van der Waals surface area contributed by atoms with E-state index < -0.39 is 9.84 Å². The number of sulfone groups is 1. The number of halogens is 2. The molecule has 7 heteroatoms. The smallest absolute Gasteiger partial charge is 0.254 e. The second kappa shape index (κ2) is 7.36. The molecule has 0 saturated carbocycles. The van der Waals surface area contributed by atoms with Crippen LogP contribution in [0.1, 0.15) is 22.3 Å². The lowest BCUT2D eigenvalue weighted by Gasteiger charge is -2.28. The van der Waals surface area contributed by atoms with Gasteiger partial charge >= 0.3 is 0 Å². The maximum atomic E-state index is 13.0. The predicted octanol–water partition coefficient (Wildman–Crippen LogP) is 3.82. The molecule has 1 aliphatic rings. The summed E-state index contributed by atoms with van der Waals surface area (Å²) in [5, 5.41) is 1.04. The van der Waals surface area contributed by atoms with Crippen LogP contribution >= 0.6 is 23.2 Å². The van der Waals surface area contributed by atoms with E-state index in [1.54, 1.807) is 41.3 Å². The lowest BCUT2D eigenvalue weighted by Crippen LogP contribution is -2.40. The zero-order valence-electron chi connectivity index (χ0n) is 13.4. The number of nitrogens with zero attached hydrogens (tertiary/aromatic N) is 1. The molecule has 2 aromatic carbocycles. The highest BCUT2D eigenvalue weighted by molar-refractivity contribution is 7.91. The summed E-state index contributed by atoms with van der Waals surface area (Å²) in [5.41, 5.74) is 1.30. The lowest BCUT2D eigenvalue weighted by molar-refractivity contribution is 0.0681. The molecule has 132 valence electrons. The molecular formula is C18H17Cl2NO3S. The van der Waals surface area contributed by atoms with Crippen molar-refractivity contribution in [3.63, 3.8) is 0 Å². The zero-order chi connectivity index (χ0) is 18.0. The van der Waals surface area contributed by atoms with Crippen molar-refractivity contribution in [3.05, 3.63) is 69.7 Å². The average molecular weight is 398 g/mol. The Labute approximate surface area is 157 Å². The molecule has 0 bridgehead atoms. The van der Waals surface area contributed by atoms with E-state index >= 15 is 0 Å². The molecule has 0 radical (unpaired) electrons. The van der Waals surface area contributed by atoms with Gasteiger partial charge in [0, 0.05) is 28.2 Å². The Hall–Kier alpha value is -1.56. The molecule has 2 aromatic rings. The van der Waals surface area contributed by atoms with Gasteiger partial charge in [-0.1, -0.05) is 41.4 Å². The highest BCUT2D eigenvalue weighted by atomic mass is 35.5. The summed E-state index contributed by atoms with van der Waals surface area (Å²) in [6.45, 7) is 0.298. The largest absolute Gasteiger partial charge is 0.330 e. The number of hydrogen-bond acceptors (Lipinski definition) is 3. The van der Waals surface area contributed by atoms with Crippen LogP contribution < -0.4 is 0 Å². The van der Waals surface area contributed by atoms with E-state index in [1.165, 1.54) is 0 Å². The topological polar surface area (TPSA) is 54.5 Å². The minimum Gasteiger partial charge on any atom is -0.330 e. The van der Waals surface area contributed by atoms with Gasteiger partial charge in [0.05, 0.1) is 11.5 Å². The summed E-state index contributed by atoms with van der Waals surface area (Å²) in [5.74, 6) is -0.142. The first-order valence-corrected chi connectivity index (χ1v) is 10.4. The van der Waals surface area contributed by atoms with E-state index in [0.29, 0.717) is 28.6 Å². The monoisotopic (exact) mass is 397 g/mol. The van der Waals surface area contributed by atoms with Crippen LogP contribution in [0.5, 0.6) is 0 Å². The molecule has 0 N–H and O–H groups in total. The predicted molar refractivity (Wildman–Crippen MR) is 99.8 cm³/mol. The van der Waals surface area contributed by atoms with Crippen molar-refractivity contribution in [2.24, 2.45) is 0 Å². The van der Waals surface area contributed by atoms with Gasteiger partial charge in [-0.3, -0.25) is 4.79 Å². The van der Waals surface area contributed by atoms with Crippen molar-refractivity contribution >= 4 is 38.9 Å². The molecule has 1 atom stereocenters. The summed E-state index contributed by atoms with van der Waals surface area (Å²) in [7, 11) is -3.11. The first-order valence-electron chi connectivity index (χ1n) is 7.85. The first kappa shape index (κ1) is 18.2. The standard InChI is InChI=1S/C18H17Cl2NO3S/c19-15-5-1-3-13(9-15)11-21(17-7-8-25(23,24)12-17)18(22)14-4-2-6-16(20)10-14/h1-6,9-10,17H,7-8,11-12H2/t17-/m1/s1. The Morgan fingerprint density at radius 2 is 1.76 bits per heavy atom. The van der Waals surface area contributed by atoms with Crippen molar-refractivity contribution in [3.8, 4) is 0 Å². The van der Waals surface area contributed by atoms with Crippen LogP contribution in [0, 0.1) is 0 Å². The molecule has 0 aliphatic carbocycles. The van der Waals surface area contributed by atoms with Crippen LogP contribution in [0.15, 0.2) is 48.5 Å². The SMILES string of the molecule is O=C(c1cccc(Cl)c1)N(Cc1cccc(Cl)c1)[C@@H]1CCS(=O)(=O)C1. The van der Waals surface area contributed by atoms with Gasteiger partial charge in [-0.25, -0.2) is 8.42 Å². The third-order valence-electron chi connectivity index (χ3n) is 4.22. The van der Waals surface area contributed by atoms with Crippen LogP contribution in [0.25, 0.3) is 0 Å². The Morgan fingerprint density at radius 3 is 2.36 bits per heavy atom. The van der Waals surface area contributed by atoms with Crippen LogP contribution in [-0.4, -0.2) is 36.8 Å². The van der Waals surface area contributed by atoms with Crippen molar-refractivity contribution in [1.82, 2.24) is 4.90 Å². The minimum atomic E-state index is -3.11. The van der Waals surface area contributed by atoms with Crippen LogP contribution in [0.2, 0.25) is 10.0 Å². The molecule has 4 nitrogen and oxygen atoms in total. The van der Waals surface area contributed by atoms with E-state index in [9.17, 15) is 13.2 Å². The van der Waals surface area contributed by atoms with Crippen molar-refractivity contribution in [1.29, 1.82) is 0 Å². The molecule has 25 heavy (non-hydrogen) atoms. The van der Waals surface area contributed by atoms with E-state index in [1.807, 2.05) is 12.1 Å². The van der Waals surface area contributed by atoms with Gasteiger partial charge in [-0.2, -0.15) is 0 Å². The maximum absolute atomic E-state index is 13.0. The molecule has 1 saturated heterocycles. The molecule has 0 unspecified atom stereocenters. The second-order valence-electron chi connectivity index (χ2n) is 6.13. The summed E-state index contributed by atoms with van der Waals surface area (Å²) in [4.78, 5) is 14.6. The number of amides is 1. The van der Waals surface area contributed by atoms with E-state index in [2.05, 4.69) is 0 Å². The number of carbonyl (C=O) groups excluding carboxylic acids is 1. The summed E-state index contributed by atoms with van der Waals surface area (Å²) < 4.78 is 23.8. The van der Waals surface area contributed by atoms with Gasteiger partial charge in [-0.05, 0) is 42.3 Å². The second-order valence-corrected chi connectivity index (χ2v) is 9.23. The first-order chi connectivity index (χ1) is 11.8. The molecule has 1 fully saturated rings. The van der Waals surface area contributed by atoms with Crippen LogP contribution in [0.4, 0.5) is 0 Å². The van der Waals surface area contributed by atoms with Crippen molar-refractivity contribution in [2.75, 3.05) is 11.5 Å². The zero-order valence-corrected chi connectivity index (χ0v) is 15.7. The quantitative estimate of drug-likeness (QED) is 0.787. The normalized spacial score (nSPS) is 18.9. The molecule has 1 amide bonds. The van der Waals surface area contributed by atoms with E-state index in [4.69, 9.17) is 23.2 Å². The fraction of sp³-hybridized carbons (Fsp3) is 0.278. The number of carbonyl (C=O) groups is 1. The van der Waals surface area contributed by atoms with E-state index in [-0.39, 0.29) is 23.5 Å². The van der Waals surface area contributed by atoms with Crippen LogP contribution in [0.3, 0.4) is 0 Å². The Bertz CT molecular complexity index is 899. The number of benzene rings is 2. The van der Waals surface area contributed by atoms with Gasteiger partial charge in [-0.15, -0.1) is 0 Å². The molecule has 0 spiro atoms. The lowest BCUT2D eigenvalue weighted by atomic mass is 10.1. The fourth-order valence-electron chi connectivity index (χ4n) is 3.01. The Morgan fingerprint density at radius 1 is 1.08 bits per heavy atom. The minimum absolute atomic E-state index is 0.0140. The molecule has 3 rings (SSSR count). The van der Waals surface area contributed by atoms with Gasteiger partial charge < -0.3 is 4.90 Å².